The Balaban J connectivity index is 1.79. The van der Waals surface area contributed by atoms with Gasteiger partial charge in [-0.25, -0.2) is 0 Å². The second kappa shape index (κ2) is 10.1. The minimum Gasteiger partial charge on any atom is -0.358 e. The maximum Gasteiger partial charge on any atom is 0.0712 e. The molecule has 29 heavy (non-hydrogen) atoms. The first-order valence-corrected chi connectivity index (χ1v) is 10.4. The highest BCUT2D eigenvalue weighted by atomic mass is 15.3. The highest BCUT2D eigenvalue weighted by Gasteiger charge is 2.33. The SMILES string of the molecule is C=CC=CC(=C)CCN1CN(CCC(=C)C=CC=C)C2CC=Cc3cccc1c32. The lowest BCUT2D eigenvalue weighted by Crippen LogP contribution is -2.46. The quantitative estimate of drug-likeness (QED) is 0.419. The Hall–Kier alpha value is -2.84. The van der Waals surface area contributed by atoms with Gasteiger partial charge in [0.1, 0.15) is 0 Å². The first-order valence-electron chi connectivity index (χ1n) is 10.4. The minimum atomic E-state index is 0.447. The maximum atomic E-state index is 4.19. The smallest absolute Gasteiger partial charge is 0.0712 e. The summed E-state index contributed by atoms with van der Waals surface area (Å²) < 4.78 is 0. The summed E-state index contributed by atoms with van der Waals surface area (Å²) in [5, 5.41) is 0. The van der Waals surface area contributed by atoms with Crippen molar-refractivity contribution >= 4 is 11.8 Å². The third-order valence-corrected chi connectivity index (χ3v) is 5.60. The van der Waals surface area contributed by atoms with Crippen molar-refractivity contribution in [3.63, 3.8) is 0 Å². The molecule has 2 heteroatoms. The molecule has 1 aliphatic carbocycles. The highest BCUT2D eigenvalue weighted by molar-refractivity contribution is 5.69. The standard InChI is InChI=1S/C27H32N2/c1-5-7-11-22(3)17-19-28-21-29(20-18-23(4)12-8-6-2)26-16-10-14-24-13-9-15-25(28)27(24)26/h5-15,26H,1-4,16-21H2. The Bertz CT molecular complexity index is 869. The van der Waals surface area contributed by atoms with Crippen molar-refractivity contribution in [2.75, 3.05) is 24.7 Å². The van der Waals surface area contributed by atoms with Crippen LogP contribution in [0.1, 0.15) is 36.4 Å². The Kier molecular flexibility index (Phi) is 7.26. The van der Waals surface area contributed by atoms with Crippen molar-refractivity contribution in [3.05, 3.63) is 109 Å². The second-order valence-corrected chi connectivity index (χ2v) is 7.66. The van der Waals surface area contributed by atoms with Crippen LogP contribution < -0.4 is 4.90 Å². The predicted molar refractivity (Wildman–Crippen MR) is 128 cm³/mol. The van der Waals surface area contributed by atoms with Gasteiger partial charge in [-0.1, -0.05) is 98.2 Å². The van der Waals surface area contributed by atoms with Crippen LogP contribution in [0.4, 0.5) is 5.69 Å². The molecular formula is C27H32N2. The van der Waals surface area contributed by atoms with Crippen LogP contribution in [0, 0.1) is 0 Å². The van der Waals surface area contributed by atoms with Gasteiger partial charge >= 0.3 is 0 Å². The van der Waals surface area contributed by atoms with E-state index in [0.29, 0.717) is 6.04 Å². The molecule has 2 aliphatic rings. The van der Waals surface area contributed by atoms with Crippen molar-refractivity contribution in [1.29, 1.82) is 0 Å². The van der Waals surface area contributed by atoms with Crippen molar-refractivity contribution in [2.24, 2.45) is 0 Å². The Morgan fingerprint density at radius 3 is 2.38 bits per heavy atom. The van der Waals surface area contributed by atoms with E-state index in [2.05, 4.69) is 78.6 Å². The number of nitrogens with zero attached hydrogens (tertiary/aromatic N) is 2. The van der Waals surface area contributed by atoms with Gasteiger partial charge < -0.3 is 4.90 Å². The summed E-state index contributed by atoms with van der Waals surface area (Å²) in [6.07, 6.45) is 19.2. The molecule has 2 nitrogen and oxygen atoms in total. The van der Waals surface area contributed by atoms with Crippen LogP contribution in [-0.4, -0.2) is 24.7 Å². The summed E-state index contributed by atoms with van der Waals surface area (Å²) in [6.45, 7) is 18.8. The Labute approximate surface area is 176 Å². The van der Waals surface area contributed by atoms with Gasteiger partial charge in [0.2, 0.25) is 0 Å². The molecule has 0 radical (unpaired) electrons. The zero-order chi connectivity index (χ0) is 20.6. The maximum absolute atomic E-state index is 4.19. The molecular weight excluding hydrogens is 352 g/mol. The number of allylic oxidation sites excluding steroid dienone is 6. The lowest BCUT2D eigenvalue weighted by atomic mass is 9.88. The Morgan fingerprint density at radius 2 is 1.69 bits per heavy atom. The fourth-order valence-electron chi connectivity index (χ4n) is 4.08. The van der Waals surface area contributed by atoms with Crippen LogP contribution in [0.25, 0.3) is 6.08 Å². The van der Waals surface area contributed by atoms with Gasteiger partial charge in [0.05, 0.1) is 6.67 Å². The van der Waals surface area contributed by atoms with Gasteiger partial charge in [-0.3, -0.25) is 4.90 Å². The van der Waals surface area contributed by atoms with Crippen LogP contribution in [0.5, 0.6) is 0 Å². The lowest BCUT2D eigenvalue weighted by Gasteiger charge is -2.45. The molecule has 1 atom stereocenters. The summed E-state index contributed by atoms with van der Waals surface area (Å²) >= 11 is 0. The molecule has 150 valence electrons. The van der Waals surface area contributed by atoms with Gasteiger partial charge in [-0.2, -0.15) is 0 Å². The molecule has 0 aromatic heterocycles. The summed E-state index contributed by atoms with van der Waals surface area (Å²) in [6, 6.07) is 7.14. The summed E-state index contributed by atoms with van der Waals surface area (Å²) in [5.41, 5.74) is 6.47. The molecule has 3 rings (SSSR count). The van der Waals surface area contributed by atoms with E-state index in [4.69, 9.17) is 0 Å². The fourth-order valence-corrected chi connectivity index (χ4v) is 4.08. The fraction of sp³-hybridized carbons (Fsp3) is 0.259. The number of benzene rings is 1. The topological polar surface area (TPSA) is 6.48 Å². The third kappa shape index (κ3) is 5.16. The third-order valence-electron chi connectivity index (χ3n) is 5.60. The molecule has 1 aromatic carbocycles. The zero-order valence-electron chi connectivity index (χ0n) is 17.4. The van der Waals surface area contributed by atoms with E-state index < -0.39 is 0 Å². The Morgan fingerprint density at radius 1 is 1.00 bits per heavy atom. The van der Waals surface area contributed by atoms with E-state index >= 15 is 0 Å². The first kappa shape index (κ1) is 20.9. The average molecular weight is 385 g/mol. The summed E-state index contributed by atoms with van der Waals surface area (Å²) in [7, 11) is 0. The van der Waals surface area contributed by atoms with E-state index in [-0.39, 0.29) is 0 Å². The van der Waals surface area contributed by atoms with Crippen LogP contribution in [-0.2, 0) is 0 Å². The van der Waals surface area contributed by atoms with E-state index in [1.54, 1.807) is 12.2 Å². The zero-order valence-corrected chi connectivity index (χ0v) is 17.4. The molecule has 0 spiro atoms. The van der Waals surface area contributed by atoms with Crippen molar-refractivity contribution < 1.29 is 0 Å². The van der Waals surface area contributed by atoms with Gasteiger partial charge in [0.25, 0.3) is 0 Å². The van der Waals surface area contributed by atoms with Crippen molar-refractivity contribution in [2.45, 2.75) is 25.3 Å². The van der Waals surface area contributed by atoms with E-state index in [1.165, 1.54) is 16.8 Å². The second-order valence-electron chi connectivity index (χ2n) is 7.66. The average Bonchev–Trinajstić information content (AvgIpc) is 2.75. The molecule has 0 N–H and O–H groups in total. The normalized spacial score (nSPS) is 18.2. The van der Waals surface area contributed by atoms with Gasteiger partial charge in [0, 0.05) is 30.4 Å². The van der Waals surface area contributed by atoms with Gasteiger partial charge in [-0.15, -0.1) is 0 Å². The molecule has 1 unspecified atom stereocenters. The number of hydrogen-bond acceptors (Lipinski definition) is 2. The van der Waals surface area contributed by atoms with Crippen LogP contribution in [0.2, 0.25) is 0 Å². The molecule has 0 amide bonds. The molecule has 1 aromatic rings. The van der Waals surface area contributed by atoms with Gasteiger partial charge in [0.15, 0.2) is 0 Å². The summed E-state index contributed by atoms with van der Waals surface area (Å²) in [5.74, 6) is 0. The van der Waals surface area contributed by atoms with Crippen molar-refractivity contribution in [1.82, 2.24) is 4.90 Å². The molecule has 1 heterocycles. The van der Waals surface area contributed by atoms with E-state index in [1.807, 2.05) is 12.2 Å². The molecule has 0 fully saturated rings. The number of rotatable bonds is 10. The van der Waals surface area contributed by atoms with Crippen molar-refractivity contribution in [3.8, 4) is 0 Å². The van der Waals surface area contributed by atoms with Crippen LogP contribution in [0.3, 0.4) is 0 Å². The molecule has 0 saturated carbocycles. The van der Waals surface area contributed by atoms with Crippen LogP contribution in [0.15, 0.2) is 98.2 Å². The molecule has 0 saturated heterocycles. The predicted octanol–water partition coefficient (Wildman–Crippen LogP) is 6.60. The van der Waals surface area contributed by atoms with Crippen LogP contribution >= 0.6 is 0 Å². The minimum absolute atomic E-state index is 0.447. The molecule has 1 aliphatic heterocycles. The van der Waals surface area contributed by atoms with Gasteiger partial charge in [-0.05, 0) is 30.9 Å². The first-order chi connectivity index (χ1) is 14.1. The lowest BCUT2D eigenvalue weighted by molar-refractivity contribution is 0.187. The monoisotopic (exact) mass is 384 g/mol. The number of anilines is 1. The molecule has 0 bridgehead atoms. The summed E-state index contributed by atoms with van der Waals surface area (Å²) in [4.78, 5) is 5.11. The largest absolute Gasteiger partial charge is 0.358 e. The van der Waals surface area contributed by atoms with E-state index in [0.717, 1.165) is 50.2 Å². The number of hydrogen-bond donors (Lipinski definition) is 0. The highest BCUT2D eigenvalue weighted by Crippen LogP contribution is 2.43. The van der Waals surface area contributed by atoms with E-state index in [9.17, 15) is 0 Å².